The molecule has 1 atom stereocenters. The smallest absolute Gasteiger partial charge is 0.158 e. The fraction of sp³-hybridized carbons (Fsp3) is 0.478. The van der Waals surface area contributed by atoms with Crippen molar-refractivity contribution in [2.24, 2.45) is 0 Å². The second-order valence-electron chi connectivity index (χ2n) is 8.73. The van der Waals surface area contributed by atoms with Gasteiger partial charge in [-0.2, -0.15) is 5.10 Å². The molecular weight excluding hydrogens is 378 g/mol. The molecule has 1 fully saturated rings. The van der Waals surface area contributed by atoms with Gasteiger partial charge in [-0.15, -0.1) is 11.3 Å². The highest BCUT2D eigenvalue weighted by atomic mass is 32.1. The number of aryl methyl sites for hydroxylation is 2. The summed E-state index contributed by atoms with van der Waals surface area (Å²) in [5.41, 5.74) is 8.79. The molecule has 0 unspecified atom stereocenters. The summed E-state index contributed by atoms with van der Waals surface area (Å²) in [6, 6.07) is 0. The third kappa shape index (κ3) is 2.84. The van der Waals surface area contributed by atoms with Crippen molar-refractivity contribution < 1.29 is 0 Å². The summed E-state index contributed by atoms with van der Waals surface area (Å²) in [6.07, 6.45) is 6.33. The lowest BCUT2D eigenvalue weighted by molar-refractivity contribution is 0.465. The Hall–Kier alpha value is -2.18. The van der Waals surface area contributed by atoms with Gasteiger partial charge >= 0.3 is 0 Å². The maximum Gasteiger partial charge on any atom is 0.158 e. The SMILES string of the molecule is Cc1c(-c2[nH]c3sc([C@@H]4CCCNC4)c(C)c3c2C(C)C)cn2ncnc2c1C. The van der Waals surface area contributed by atoms with Gasteiger partial charge in [-0.3, -0.25) is 0 Å². The molecule has 29 heavy (non-hydrogen) atoms. The third-order valence-electron chi connectivity index (χ3n) is 6.60. The average Bonchev–Trinajstić information content (AvgIpc) is 3.40. The van der Waals surface area contributed by atoms with Crippen LogP contribution in [0.4, 0.5) is 0 Å². The molecule has 4 aromatic rings. The van der Waals surface area contributed by atoms with Crippen LogP contribution in [-0.2, 0) is 0 Å². The van der Waals surface area contributed by atoms with Crippen LogP contribution in [-0.4, -0.2) is 32.7 Å². The highest BCUT2D eigenvalue weighted by Crippen LogP contribution is 2.45. The van der Waals surface area contributed by atoms with Crippen molar-refractivity contribution in [3.63, 3.8) is 0 Å². The molecule has 1 saturated heterocycles. The van der Waals surface area contributed by atoms with Crippen LogP contribution in [0.2, 0.25) is 0 Å². The number of thiophene rings is 1. The van der Waals surface area contributed by atoms with Crippen LogP contribution < -0.4 is 5.32 Å². The van der Waals surface area contributed by atoms with Gasteiger partial charge < -0.3 is 10.3 Å². The van der Waals surface area contributed by atoms with Crippen molar-refractivity contribution in [3.8, 4) is 11.3 Å². The Morgan fingerprint density at radius 2 is 2.00 bits per heavy atom. The number of hydrogen-bond donors (Lipinski definition) is 2. The topological polar surface area (TPSA) is 58.0 Å². The molecule has 2 N–H and O–H groups in total. The normalized spacial score (nSPS) is 17.8. The average molecular weight is 408 g/mol. The summed E-state index contributed by atoms with van der Waals surface area (Å²) >= 11 is 1.96. The van der Waals surface area contributed by atoms with E-state index in [0.29, 0.717) is 11.8 Å². The molecule has 1 aliphatic rings. The maximum atomic E-state index is 4.42. The lowest BCUT2D eigenvalue weighted by Crippen LogP contribution is -2.28. The largest absolute Gasteiger partial charge is 0.346 e. The van der Waals surface area contributed by atoms with Crippen LogP contribution in [0.1, 0.15) is 65.7 Å². The zero-order chi connectivity index (χ0) is 20.3. The molecule has 1 aliphatic heterocycles. The summed E-state index contributed by atoms with van der Waals surface area (Å²) in [5, 5.41) is 9.42. The highest BCUT2D eigenvalue weighted by molar-refractivity contribution is 7.19. The third-order valence-corrected chi connectivity index (χ3v) is 7.97. The van der Waals surface area contributed by atoms with Crippen molar-refractivity contribution >= 4 is 27.2 Å². The Morgan fingerprint density at radius 1 is 1.17 bits per heavy atom. The van der Waals surface area contributed by atoms with Crippen molar-refractivity contribution in [2.45, 2.75) is 59.3 Å². The quantitative estimate of drug-likeness (QED) is 0.474. The van der Waals surface area contributed by atoms with Gasteiger partial charge in [0, 0.05) is 34.5 Å². The number of H-pyrrole nitrogens is 1. The molecule has 0 radical (unpaired) electrons. The minimum absolute atomic E-state index is 0.440. The molecule has 0 aromatic carbocycles. The zero-order valence-electron chi connectivity index (χ0n) is 17.9. The van der Waals surface area contributed by atoms with E-state index in [1.54, 1.807) is 11.2 Å². The molecule has 0 spiro atoms. The molecule has 5 nitrogen and oxygen atoms in total. The van der Waals surface area contributed by atoms with E-state index in [1.165, 1.54) is 56.6 Å². The van der Waals surface area contributed by atoms with E-state index in [9.17, 15) is 0 Å². The summed E-state index contributed by atoms with van der Waals surface area (Å²) in [4.78, 5) is 11.1. The summed E-state index contributed by atoms with van der Waals surface area (Å²) in [7, 11) is 0. The Labute approximate surface area is 175 Å². The second kappa shape index (κ2) is 6.96. The first kappa shape index (κ1) is 18.8. The van der Waals surface area contributed by atoms with Gasteiger partial charge in [0.15, 0.2) is 5.65 Å². The van der Waals surface area contributed by atoms with Gasteiger partial charge in [0.2, 0.25) is 0 Å². The first-order valence-electron chi connectivity index (χ1n) is 10.6. The monoisotopic (exact) mass is 407 g/mol. The van der Waals surface area contributed by atoms with Crippen LogP contribution in [0.3, 0.4) is 0 Å². The van der Waals surface area contributed by atoms with E-state index in [4.69, 9.17) is 0 Å². The highest BCUT2D eigenvalue weighted by Gasteiger charge is 2.26. The molecule has 5 rings (SSSR count). The minimum atomic E-state index is 0.440. The number of piperidine rings is 1. The lowest BCUT2D eigenvalue weighted by Gasteiger charge is -2.22. The fourth-order valence-electron chi connectivity index (χ4n) is 4.96. The molecule has 0 saturated carbocycles. The van der Waals surface area contributed by atoms with Crippen molar-refractivity contribution in [1.82, 2.24) is 24.9 Å². The van der Waals surface area contributed by atoms with Gasteiger partial charge in [-0.25, -0.2) is 9.50 Å². The number of aromatic amines is 1. The summed E-state index contributed by atoms with van der Waals surface area (Å²) in [6.45, 7) is 13.5. The maximum absolute atomic E-state index is 4.42. The van der Waals surface area contributed by atoms with E-state index in [2.05, 4.69) is 61.2 Å². The standard InChI is InChI=1S/C23H29N5S/c1-12(2)18-19-15(5)21(16-7-6-8-24-9-16)29-23(19)27-20(18)17-10-28-22(25-11-26-28)14(4)13(17)3/h10-12,16,24,27H,6-9H2,1-5H3/t16-/m1/s1. The number of nitrogens with one attached hydrogen (secondary N) is 2. The minimum Gasteiger partial charge on any atom is -0.346 e. The van der Waals surface area contributed by atoms with E-state index in [-0.39, 0.29) is 0 Å². The Bertz CT molecular complexity index is 1200. The van der Waals surface area contributed by atoms with Crippen LogP contribution in [0.5, 0.6) is 0 Å². The summed E-state index contributed by atoms with van der Waals surface area (Å²) < 4.78 is 1.91. The number of pyridine rings is 1. The second-order valence-corrected chi connectivity index (χ2v) is 9.78. The molecule has 0 amide bonds. The van der Waals surface area contributed by atoms with Gasteiger partial charge in [-0.05, 0) is 68.3 Å². The molecule has 0 bridgehead atoms. The predicted molar refractivity (Wildman–Crippen MR) is 121 cm³/mol. The molecule has 5 heterocycles. The van der Waals surface area contributed by atoms with Gasteiger partial charge in [0.05, 0.1) is 5.69 Å². The van der Waals surface area contributed by atoms with E-state index < -0.39 is 0 Å². The fourth-order valence-corrected chi connectivity index (χ4v) is 6.32. The van der Waals surface area contributed by atoms with Crippen molar-refractivity contribution in [2.75, 3.05) is 13.1 Å². The van der Waals surface area contributed by atoms with Crippen molar-refractivity contribution in [3.05, 3.63) is 39.7 Å². The molecular formula is C23H29N5S. The number of hydrogen-bond acceptors (Lipinski definition) is 4. The molecule has 152 valence electrons. The number of fused-ring (bicyclic) bond motifs is 2. The first-order valence-corrected chi connectivity index (χ1v) is 11.4. The Kier molecular flexibility index (Phi) is 4.51. The van der Waals surface area contributed by atoms with Crippen LogP contribution in [0.15, 0.2) is 12.5 Å². The van der Waals surface area contributed by atoms with Gasteiger partial charge in [0.25, 0.3) is 0 Å². The number of rotatable bonds is 3. The Morgan fingerprint density at radius 3 is 2.72 bits per heavy atom. The van der Waals surface area contributed by atoms with E-state index >= 15 is 0 Å². The predicted octanol–water partition coefficient (Wildman–Crippen LogP) is 5.45. The first-order chi connectivity index (χ1) is 14.0. The van der Waals surface area contributed by atoms with Crippen molar-refractivity contribution in [1.29, 1.82) is 0 Å². The molecule has 6 heteroatoms. The van der Waals surface area contributed by atoms with E-state index in [1.807, 2.05) is 15.9 Å². The zero-order valence-corrected chi connectivity index (χ0v) is 18.7. The van der Waals surface area contributed by atoms with E-state index in [0.717, 1.165) is 18.7 Å². The van der Waals surface area contributed by atoms with Crippen LogP contribution in [0.25, 0.3) is 27.1 Å². The number of nitrogens with zero attached hydrogens (tertiary/aromatic N) is 3. The molecule has 4 aromatic heterocycles. The number of aromatic nitrogens is 4. The lowest BCUT2D eigenvalue weighted by atomic mass is 9.91. The molecule has 0 aliphatic carbocycles. The van der Waals surface area contributed by atoms with Gasteiger partial charge in [-0.1, -0.05) is 13.8 Å². The van der Waals surface area contributed by atoms with Crippen LogP contribution in [0, 0.1) is 20.8 Å². The van der Waals surface area contributed by atoms with Crippen LogP contribution >= 0.6 is 11.3 Å². The Balaban J connectivity index is 1.73. The van der Waals surface area contributed by atoms with Gasteiger partial charge in [0.1, 0.15) is 11.2 Å². The summed E-state index contributed by atoms with van der Waals surface area (Å²) in [5.74, 6) is 1.09.